The molecule has 15 heavy (non-hydrogen) atoms. The van der Waals surface area contributed by atoms with Gasteiger partial charge in [-0.1, -0.05) is 31.4 Å². The monoisotopic (exact) mass is 208 g/mol. The number of hydrogen-bond acceptors (Lipinski definition) is 2. The van der Waals surface area contributed by atoms with Crippen molar-refractivity contribution in [1.82, 2.24) is 5.32 Å². The fourth-order valence-corrected chi connectivity index (χ4v) is 2.99. The molecule has 86 valence electrons. The molecule has 0 heterocycles. The van der Waals surface area contributed by atoms with Gasteiger partial charge in [-0.3, -0.25) is 0 Å². The summed E-state index contributed by atoms with van der Waals surface area (Å²) in [4.78, 5) is 0. The van der Waals surface area contributed by atoms with Crippen molar-refractivity contribution in [2.75, 3.05) is 6.54 Å². The fourth-order valence-electron chi connectivity index (χ4n) is 2.99. The van der Waals surface area contributed by atoms with Gasteiger partial charge in [0, 0.05) is 18.6 Å². The van der Waals surface area contributed by atoms with Crippen molar-refractivity contribution in [2.45, 2.75) is 57.0 Å². The van der Waals surface area contributed by atoms with Crippen LogP contribution in [-0.2, 0) is 0 Å². The van der Waals surface area contributed by atoms with Crippen molar-refractivity contribution >= 4 is 0 Å². The van der Waals surface area contributed by atoms with Gasteiger partial charge in [-0.2, -0.15) is 0 Å². The lowest BCUT2D eigenvalue weighted by Crippen LogP contribution is -2.47. The summed E-state index contributed by atoms with van der Waals surface area (Å²) in [7, 11) is 0. The van der Waals surface area contributed by atoms with Gasteiger partial charge in [0.2, 0.25) is 0 Å². The molecule has 0 spiro atoms. The third-order valence-electron chi connectivity index (χ3n) is 3.93. The molecule has 1 atom stereocenters. The second-order valence-electron chi connectivity index (χ2n) is 5.05. The molecule has 0 amide bonds. The van der Waals surface area contributed by atoms with E-state index in [1.165, 1.54) is 44.9 Å². The van der Waals surface area contributed by atoms with E-state index in [9.17, 15) is 0 Å². The first kappa shape index (κ1) is 11.2. The summed E-state index contributed by atoms with van der Waals surface area (Å²) >= 11 is 0. The van der Waals surface area contributed by atoms with Crippen LogP contribution in [-0.4, -0.2) is 18.6 Å². The second kappa shape index (κ2) is 5.66. The molecule has 2 aliphatic carbocycles. The third-order valence-corrected chi connectivity index (χ3v) is 3.93. The topological polar surface area (TPSA) is 38.0 Å². The highest BCUT2D eigenvalue weighted by Gasteiger charge is 2.24. The molecule has 1 fully saturated rings. The van der Waals surface area contributed by atoms with Crippen LogP contribution in [0.4, 0.5) is 0 Å². The van der Waals surface area contributed by atoms with E-state index in [0.717, 1.165) is 12.5 Å². The molecular formula is C13H24N2. The Morgan fingerprint density at radius 3 is 2.40 bits per heavy atom. The summed E-state index contributed by atoms with van der Waals surface area (Å²) in [6.07, 6.45) is 14.0. The van der Waals surface area contributed by atoms with E-state index in [-0.39, 0.29) is 0 Å². The lowest BCUT2D eigenvalue weighted by Gasteiger charge is -2.32. The largest absolute Gasteiger partial charge is 0.329 e. The van der Waals surface area contributed by atoms with Gasteiger partial charge in [-0.05, 0) is 31.6 Å². The van der Waals surface area contributed by atoms with E-state index >= 15 is 0 Å². The van der Waals surface area contributed by atoms with Crippen molar-refractivity contribution in [3.8, 4) is 0 Å². The molecule has 0 radical (unpaired) electrons. The van der Waals surface area contributed by atoms with E-state index in [1.54, 1.807) is 0 Å². The first-order chi connectivity index (χ1) is 7.40. The number of hydrogen-bond donors (Lipinski definition) is 2. The molecule has 2 nitrogen and oxygen atoms in total. The highest BCUT2D eigenvalue weighted by molar-refractivity contribution is 4.99. The maximum atomic E-state index is 5.90. The molecule has 3 N–H and O–H groups in total. The van der Waals surface area contributed by atoms with Crippen LogP contribution in [0.15, 0.2) is 12.2 Å². The maximum absolute atomic E-state index is 5.90. The van der Waals surface area contributed by atoms with Gasteiger partial charge in [0.25, 0.3) is 0 Å². The van der Waals surface area contributed by atoms with Crippen LogP contribution in [0.2, 0.25) is 0 Å². The highest BCUT2D eigenvalue weighted by atomic mass is 15.0. The Morgan fingerprint density at radius 2 is 1.80 bits per heavy atom. The minimum absolute atomic E-state index is 0.565. The van der Waals surface area contributed by atoms with E-state index in [1.807, 2.05) is 0 Å². The lowest BCUT2D eigenvalue weighted by atomic mass is 9.83. The summed E-state index contributed by atoms with van der Waals surface area (Å²) < 4.78 is 0. The first-order valence-corrected chi connectivity index (χ1v) is 6.51. The maximum Gasteiger partial charge on any atom is 0.0221 e. The molecule has 0 aromatic rings. The molecular weight excluding hydrogens is 184 g/mol. The first-order valence-electron chi connectivity index (χ1n) is 6.51. The van der Waals surface area contributed by atoms with E-state index in [4.69, 9.17) is 5.73 Å². The zero-order valence-corrected chi connectivity index (χ0v) is 9.62. The zero-order valence-electron chi connectivity index (χ0n) is 9.62. The van der Waals surface area contributed by atoms with Gasteiger partial charge in [-0.25, -0.2) is 0 Å². The summed E-state index contributed by atoms with van der Waals surface area (Å²) in [6.45, 7) is 0.807. The third kappa shape index (κ3) is 3.05. The molecule has 0 bridgehead atoms. The SMILES string of the molecule is NCC(NC1CC=CC1)C1CCCCC1. The van der Waals surface area contributed by atoms with Crippen LogP contribution in [0.25, 0.3) is 0 Å². The predicted molar refractivity (Wildman–Crippen MR) is 64.7 cm³/mol. The molecule has 2 heteroatoms. The predicted octanol–water partition coefficient (Wildman–Crippen LogP) is 2.20. The van der Waals surface area contributed by atoms with Crippen LogP contribution in [0.5, 0.6) is 0 Å². The molecule has 0 aromatic heterocycles. The molecule has 1 unspecified atom stereocenters. The van der Waals surface area contributed by atoms with Crippen molar-refractivity contribution in [3.05, 3.63) is 12.2 Å². The Kier molecular flexibility index (Phi) is 4.21. The quantitative estimate of drug-likeness (QED) is 0.695. The Labute approximate surface area is 93.3 Å². The summed E-state index contributed by atoms with van der Waals surface area (Å²) in [6, 6.07) is 1.23. The lowest BCUT2D eigenvalue weighted by molar-refractivity contribution is 0.256. The van der Waals surface area contributed by atoms with Gasteiger partial charge in [0.15, 0.2) is 0 Å². The van der Waals surface area contributed by atoms with Gasteiger partial charge < -0.3 is 11.1 Å². The van der Waals surface area contributed by atoms with Crippen molar-refractivity contribution in [2.24, 2.45) is 11.7 Å². The van der Waals surface area contributed by atoms with Crippen LogP contribution >= 0.6 is 0 Å². The van der Waals surface area contributed by atoms with Crippen molar-refractivity contribution in [1.29, 1.82) is 0 Å². The Bertz CT molecular complexity index is 199. The van der Waals surface area contributed by atoms with Crippen LogP contribution in [0.1, 0.15) is 44.9 Å². The van der Waals surface area contributed by atoms with Crippen molar-refractivity contribution in [3.63, 3.8) is 0 Å². The smallest absolute Gasteiger partial charge is 0.0221 e. The Balaban J connectivity index is 1.79. The summed E-state index contributed by atoms with van der Waals surface area (Å²) in [5.41, 5.74) is 5.90. The average Bonchev–Trinajstić information content (AvgIpc) is 2.80. The number of rotatable bonds is 4. The molecule has 2 rings (SSSR count). The highest BCUT2D eigenvalue weighted by Crippen LogP contribution is 2.27. The molecule has 0 aromatic carbocycles. The molecule has 1 saturated carbocycles. The summed E-state index contributed by atoms with van der Waals surface area (Å²) in [5, 5.41) is 3.75. The molecule has 0 saturated heterocycles. The minimum Gasteiger partial charge on any atom is -0.329 e. The Hall–Kier alpha value is -0.340. The van der Waals surface area contributed by atoms with Crippen molar-refractivity contribution < 1.29 is 0 Å². The van der Waals surface area contributed by atoms with Crippen LogP contribution in [0.3, 0.4) is 0 Å². The second-order valence-corrected chi connectivity index (χ2v) is 5.05. The van der Waals surface area contributed by atoms with E-state index in [2.05, 4.69) is 17.5 Å². The van der Waals surface area contributed by atoms with Gasteiger partial charge in [-0.15, -0.1) is 0 Å². The van der Waals surface area contributed by atoms with Gasteiger partial charge >= 0.3 is 0 Å². The van der Waals surface area contributed by atoms with E-state index in [0.29, 0.717) is 12.1 Å². The minimum atomic E-state index is 0.565. The zero-order chi connectivity index (χ0) is 10.5. The molecule has 0 aliphatic heterocycles. The van der Waals surface area contributed by atoms with Crippen LogP contribution in [0, 0.1) is 5.92 Å². The normalized spacial score (nSPS) is 25.9. The van der Waals surface area contributed by atoms with Crippen LogP contribution < -0.4 is 11.1 Å². The number of nitrogens with two attached hydrogens (primary N) is 1. The Morgan fingerprint density at radius 1 is 1.13 bits per heavy atom. The standard InChI is InChI=1S/C13H24N2/c14-10-13(11-6-2-1-3-7-11)15-12-8-4-5-9-12/h4-5,11-13,15H,1-3,6-10,14H2. The van der Waals surface area contributed by atoms with Gasteiger partial charge in [0.1, 0.15) is 0 Å². The summed E-state index contributed by atoms with van der Waals surface area (Å²) in [5.74, 6) is 0.837. The fraction of sp³-hybridized carbons (Fsp3) is 0.846. The number of nitrogens with one attached hydrogen (secondary N) is 1. The van der Waals surface area contributed by atoms with E-state index < -0.39 is 0 Å². The molecule has 2 aliphatic rings. The average molecular weight is 208 g/mol. The van der Waals surface area contributed by atoms with Gasteiger partial charge in [0.05, 0.1) is 0 Å².